The van der Waals surface area contributed by atoms with Gasteiger partial charge in [-0.25, -0.2) is 4.79 Å². The van der Waals surface area contributed by atoms with Gasteiger partial charge in [-0.2, -0.15) is 0 Å². The van der Waals surface area contributed by atoms with E-state index in [1.807, 2.05) is 67.6 Å². The Morgan fingerprint density at radius 3 is 2.27 bits per heavy atom. The van der Waals surface area contributed by atoms with Crippen LogP contribution in [0.15, 0.2) is 72.3 Å². The van der Waals surface area contributed by atoms with E-state index in [9.17, 15) is 14.7 Å². The fourth-order valence-corrected chi connectivity index (χ4v) is 5.44. The average Bonchev–Trinajstić information content (AvgIpc) is 3.56. The van der Waals surface area contributed by atoms with Gasteiger partial charge in [-0.15, -0.1) is 0 Å². The number of rotatable bonds is 13. The molecule has 2 unspecified atom stereocenters. The second-order valence-electron chi connectivity index (χ2n) is 10.7. The third-order valence-corrected chi connectivity index (χ3v) is 7.49. The van der Waals surface area contributed by atoms with Gasteiger partial charge in [0.05, 0.1) is 12.2 Å². The molecule has 198 valence electrons. The van der Waals surface area contributed by atoms with Crippen LogP contribution in [0.2, 0.25) is 0 Å². The van der Waals surface area contributed by atoms with Gasteiger partial charge in [0.15, 0.2) is 6.10 Å². The van der Waals surface area contributed by atoms with E-state index in [1.54, 1.807) is 6.08 Å². The largest absolute Gasteiger partial charge is 0.461 e. The van der Waals surface area contributed by atoms with Crippen molar-refractivity contribution in [3.05, 3.63) is 83.4 Å². The van der Waals surface area contributed by atoms with Crippen LogP contribution in [0.3, 0.4) is 0 Å². The van der Waals surface area contributed by atoms with E-state index in [1.165, 1.54) is 0 Å². The van der Waals surface area contributed by atoms with Crippen LogP contribution in [0.5, 0.6) is 0 Å². The maximum atomic E-state index is 12.9. The van der Waals surface area contributed by atoms with Crippen molar-refractivity contribution in [2.75, 3.05) is 6.61 Å². The van der Waals surface area contributed by atoms with E-state index in [4.69, 9.17) is 14.2 Å². The van der Waals surface area contributed by atoms with Crippen molar-refractivity contribution >= 4 is 11.9 Å². The second kappa shape index (κ2) is 12.1. The number of cyclic esters (lactones) is 1. The molecular formula is C31H38O6. The SMILES string of the molecule is CC(=CC(=O)OC(c1ccccc1)c1ccccc1)C1OC1(C)C[C@H](C)CCCC[C@H]1OC(=O)[C@@H]1CO. The van der Waals surface area contributed by atoms with Crippen molar-refractivity contribution in [2.24, 2.45) is 11.8 Å². The Morgan fingerprint density at radius 2 is 1.70 bits per heavy atom. The van der Waals surface area contributed by atoms with Gasteiger partial charge >= 0.3 is 11.9 Å². The summed E-state index contributed by atoms with van der Waals surface area (Å²) in [5, 5.41) is 9.23. The number of benzene rings is 2. The molecule has 5 atom stereocenters. The molecule has 2 heterocycles. The Morgan fingerprint density at radius 1 is 1.08 bits per heavy atom. The Kier molecular flexibility index (Phi) is 8.83. The predicted molar refractivity (Wildman–Crippen MR) is 141 cm³/mol. The van der Waals surface area contributed by atoms with Crippen LogP contribution < -0.4 is 0 Å². The highest BCUT2D eigenvalue weighted by Gasteiger charge is 2.53. The van der Waals surface area contributed by atoms with Crippen LogP contribution >= 0.6 is 0 Å². The van der Waals surface area contributed by atoms with Crippen LogP contribution in [-0.2, 0) is 23.8 Å². The summed E-state index contributed by atoms with van der Waals surface area (Å²) < 4.78 is 17.1. The van der Waals surface area contributed by atoms with Crippen molar-refractivity contribution in [1.29, 1.82) is 0 Å². The highest BCUT2D eigenvalue weighted by atomic mass is 16.6. The molecule has 6 heteroatoms. The maximum Gasteiger partial charge on any atom is 0.331 e. The third-order valence-electron chi connectivity index (χ3n) is 7.49. The van der Waals surface area contributed by atoms with Crippen molar-refractivity contribution in [3.8, 4) is 0 Å². The molecule has 2 aromatic carbocycles. The van der Waals surface area contributed by atoms with Crippen LogP contribution in [0.25, 0.3) is 0 Å². The summed E-state index contributed by atoms with van der Waals surface area (Å²) in [5.41, 5.74) is 2.46. The third kappa shape index (κ3) is 6.88. The Labute approximate surface area is 219 Å². The monoisotopic (exact) mass is 506 g/mol. The van der Waals surface area contributed by atoms with Crippen LogP contribution in [0.1, 0.15) is 70.1 Å². The minimum atomic E-state index is -0.471. The first-order chi connectivity index (χ1) is 17.8. The van der Waals surface area contributed by atoms with E-state index >= 15 is 0 Å². The molecule has 1 N–H and O–H groups in total. The number of epoxide rings is 1. The molecule has 0 radical (unpaired) electrons. The number of hydrogen-bond acceptors (Lipinski definition) is 6. The molecular weight excluding hydrogens is 468 g/mol. The average molecular weight is 507 g/mol. The first-order valence-electron chi connectivity index (χ1n) is 13.3. The molecule has 0 saturated carbocycles. The molecule has 37 heavy (non-hydrogen) atoms. The number of aliphatic hydroxyl groups excluding tert-OH is 1. The predicted octanol–water partition coefficient (Wildman–Crippen LogP) is 5.54. The van der Waals surface area contributed by atoms with Crippen LogP contribution in [-0.4, -0.2) is 41.5 Å². The summed E-state index contributed by atoms with van der Waals surface area (Å²) >= 11 is 0. The van der Waals surface area contributed by atoms with E-state index in [0.29, 0.717) is 5.92 Å². The van der Waals surface area contributed by atoms with Gasteiger partial charge in [0.2, 0.25) is 0 Å². The fourth-order valence-electron chi connectivity index (χ4n) is 5.44. The molecule has 2 aliphatic rings. The van der Waals surface area contributed by atoms with Gasteiger partial charge < -0.3 is 19.3 Å². The lowest BCUT2D eigenvalue weighted by Crippen LogP contribution is -2.47. The number of carbonyl (C=O) groups is 2. The lowest BCUT2D eigenvalue weighted by molar-refractivity contribution is -0.189. The second-order valence-corrected chi connectivity index (χ2v) is 10.7. The zero-order valence-corrected chi connectivity index (χ0v) is 22.0. The van der Waals surface area contributed by atoms with Gasteiger partial charge in [0.25, 0.3) is 0 Å². The lowest BCUT2D eigenvalue weighted by Gasteiger charge is -2.33. The molecule has 0 aliphatic carbocycles. The normalized spacial score (nSPS) is 25.8. The van der Waals surface area contributed by atoms with Crippen LogP contribution in [0, 0.1) is 11.8 Å². The quantitative estimate of drug-likeness (QED) is 0.166. The van der Waals surface area contributed by atoms with Crippen LogP contribution in [0.4, 0.5) is 0 Å². The molecule has 0 amide bonds. The van der Waals surface area contributed by atoms with E-state index in [0.717, 1.165) is 48.8 Å². The number of carbonyl (C=O) groups excluding carboxylic acids is 2. The molecule has 0 bridgehead atoms. The number of aliphatic hydroxyl groups is 1. The zero-order chi connectivity index (χ0) is 26.4. The van der Waals surface area contributed by atoms with Gasteiger partial charge in [-0.05, 0) is 55.7 Å². The molecule has 6 nitrogen and oxygen atoms in total. The first kappa shape index (κ1) is 27.1. The number of esters is 2. The summed E-state index contributed by atoms with van der Waals surface area (Å²) in [6, 6.07) is 19.5. The van der Waals surface area contributed by atoms with Crippen molar-refractivity contribution in [1.82, 2.24) is 0 Å². The molecule has 2 aliphatic heterocycles. The molecule has 4 rings (SSSR count). The number of hydrogen-bond donors (Lipinski definition) is 1. The highest BCUT2D eigenvalue weighted by Crippen LogP contribution is 2.46. The fraction of sp³-hybridized carbons (Fsp3) is 0.484. The molecule has 2 fully saturated rings. The number of ether oxygens (including phenoxy) is 3. The van der Waals surface area contributed by atoms with E-state index < -0.39 is 6.10 Å². The van der Waals surface area contributed by atoms with Gasteiger partial charge in [0, 0.05) is 6.08 Å². The maximum absolute atomic E-state index is 12.9. The summed E-state index contributed by atoms with van der Waals surface area (Å²) in [7, 11) is 0. The summed E-state index contributed by atoms with van der Waals surface area (Å²) in [5.74, 6) is -0.533. The van der Waals surface area contributed by atoms with E-state index in [2.05, 4.69) is 13.8 Å². The Bertz CT molecular complexity index is 1040. The Hall–Kier alpha value is -2.96. The summed E-state index contributed by atoms with van der Waals surface area (Å²) in [4.78, 5) is 24.2. The van der Waals surface area contributed by atoms with Gasteiger partial charge in [-0.1, -0.05) is 80.4 Å². The molecule has 2 saturated heterocycles. The molecule has 2 aromatic rings. The molecule has 0 spiro atoms. The van der Waals surface area contributed by atoms with Crippen molar-refractivity contribution in [2.45, 2.75) is 76.8 Å². The minimum Gasteiger partial charge on any atom is -0.461 e. The highest BCUT2D eigenvalue weighted by molar-refractivity contribution is 5.83. The topological polar surface area (TPSA) is 85.4 Å². The van der Waals surface area contributed by atoms with E-state index in [-0.39, 0.29) is 42.3 Å². The summed E-state index contributed by atoms with van der Waals surface area (Å²) in [6.45, 7) is 6.13. The lowest BCUT2D eigenvalue weighted by atomic mass is 9.87. The number of unbranched alkanes of at least 4 members (excludes halogenated alkanes) is 1. The van der Waals surface area contributed by atoms with Gasteiger partial charge in [0.1, 0.15) is 18.1 Å². The summed E-state index contributed by atoms with van der Waals surface area (Å²) in [6.07, 6.45) is 5.65. The Balaban J connectivity index is 1.25. The van der Waals surface area contributed by atoms with Gasteiger partial charge in [-0.3, -0.25) is 4.79 Å². The standard InChI is InChI=1S/C31H38O6/c1-21(12-10-11-17-26-25(20-32)30(34)35-26)19-31(3)29(37-31)22(2)18-27(33)36-28(23-13-6-4-7-14-23)24-15-8-5-9-16-24/h4-9,13-16,18,21,25-26,28-29,32H,10-12,17,19-20H2,1-3H3/t21-,25-,26-,29?,31?/m1/s1. The smallest absolute Gasteiger partial charge is 0.331 e. The molecule has 0 aromatic heterocycles. The van der Waals surface area contributed by atoms with Crippen molar-refractivity contribution in [3.63, 3.8) is 0 Å². The van der Waals surface area contributed by atoms with Crippen molar-refractivity contribution < 1.29 is 28.9 Å². The first-order valence-corrected chi connectivity index (χ1v) is 13.3. The zero-order valence-electron chi connectivity index (χ0n) is 22.0. The minimum absolute atomic E-state index is 0.0888.